The van der Waals surface area contributed by atoms with Crippen molar-refractivity contribution in [2.75, 3.05) is 5.88 Å². The van der Waals surface area contributed by atoms with Gasteiger partial charge in [-0.15, -0.1) is 11.6 Å². The molecule has 0 aliphatic heterocycles. The largest absolute Gasteiger partial charge is 0.457 e. The van der Waals surface area contributed by atoms with Crippen molar-refractivity contribution >= 4 is 17.6 Å². The summed E-state index contributed by atoms with van der Waals surface area (Å²) in [6.07, 6.45) is 1.28. The Hall–Kier alpha value is -1.09. The predicted octanol–water partition coefficient (Wildman–Crippen LogP) is 3.84. The van der Waals surface area contributed by atoms with E-state index in [-0.39, 0.29) is 17.9 Å². The summed E-state index contributed by atoms with van der Waals surface area (Å²) in [6.45, 7) is 1.91. The summed E-state index contributed by atoms with van der Waals surface area (Å²) in [5, 5.41) is 0. The molecule has 0 fully saturated rings. The smallest absolute Gasteiger partial charge is 0.306 e. The van der Waals surface area contributed by atoms with E-state index in [0.29, 0.717) is 18.7 Å². The second-order valence-electron chi connectivity index (χ2n) is 3.76. The maximum Gasteiger partial charge on any atom is 0.306 e. The highest BCUT2D eigenvalue weighted by atomic mass is 35.5. The second kappa shape index (κ2) is 7.28. The first-order valence-electron chi connectivity index (χ1n) is 5.68. The van der Waals surface area contributed by atoms with Gasteiger partial charge in [0.2, 0.25) is 0 Å². The molecule has 94 valence electrons. The third kappa shape index (κ3) is 4.73. The number of rotatable bonds is 6. The summed E-state index contributed by atoms with van der Waals surface area (Å²) in [5.74, 6) is -0.160. The van der Waals surface area contributed by atoms with Crippen LogP contribution < -0.4 is 0 Å². The predicted molar refractivity (Wildman–Crippen MR) is 65.5 cm³/mol. The number of esters is 1. The van der Waals surface area contributed by atoms with Gasteiger partial charge in [0.1, 0.15) is 11.9 Å². The normalized spacial score (nSPS) is 12.2. The fraction of sp³-hybridized carbons (Fsp3) is 0.462. The minimum absolute atomic E-state index is 0.244. The van der Waals surface area contributed by atoms with E-state index in [0.717, 1.165) is 12.0 Å². The molecule has 17 heavy (non-hydrogen) atoms. The Morgan fingerprint density at radius 1 is 1.41 bits per heavy atom. The molecule has 0 aliphatic carbocycles. The minimum Gasteiger partial charge on any atom is -0.457 e. The lowest BCUT2D eigenvalue weighted by Gasteiger charge is -2.17. The van der Waals surface area contributed by atoms with Crippen LogP contribution in [0.3, 0.4) is 0 Å². The first-order valence-corrected chi connectivity index (χ1v) is 6.21. The standard InChI is InChI=1S/C13H16ClFO2/c1-2-3-13(16)17-12(8-9-14)10-4-6-11(15)7-5-10/h4-7,12H,2-3,8-9H2,1H3/t12-/m0/s1. The first-order chi connectivity index (χ1) is 8.17. The van der Waals surface area contributed by atoms with E-state index in [9.17, 15) is 9.18 Å². The Kier molecular flexibility index (Phi) is 5.98. The lowest BCUT2D eigenvalue weighted by atomic mass is 10.1. The van der Waals surface area contributed by atoms with Gasteiger partial charge < -0.3 is 4.74 Å². The van der Waals surface area contributed by atoms with Crippen LogP contribution in [0.2, 0.25) is 0 Å². The Labute approximate surface area is 106 Å². The minimum atomic E-state index is -0.382. The van der Waals surface area contributed by atoms with E-state index in [1.54, 1.807) is 12.1 Å². The highest BCUT2D eigenvalue weighted by Gasteiger charge is 2.15. The number of carbonyl (C=O) groups is 1. The Morgan fingerprint density at radius 3 is 2.59 bits per heavy atom. The van der Waals surface area contributed by atoms with Gasteiger partial charge in [-0.3, -0.25) is 4.79 Å². The van der Waals surface area contributed by atoms with Crippen molar-refractivity contribution in [3.63, 3.8) is 0 Å². The number of benzene rings is 1. The van der Waals surface area contributed by atoms with Gasteiger partial charge in [-0.25, -0.2) is 4.39 Å². The van der Waals surface area contributed by atoms with Crippen LogP contribution in [0.4, 0.5) is 4.39 Å². The SMILES string of the molecule is CCCC(=O)O[C@@H](CCCl)c1ccc(F)cc1. The molecule has 0 bridgehead atoms. The monoisotopic (exact) mass is 258 g/mol. The van der Waals surface area contributed by atoms with Crippen LogP contribution in [-0.2, 0) is 9.53 Å². The number of ether oxygens (including phenoxy) is 1. The number of alkyl halides is 1. The molecule has 0 N–H and O–H groups in total. The van der Waals surface area contributed by atoms with Crippen molar-refractivity contribution in [3.05, 3.63) is 35.6 Å². The molecule has 0 heterocycles. The summed E-state index contributed by atoms with van der Waals surface area (Å²) in [7, 11) is 0. The van der Waals surface area contributed by atoms with Gasteiger partial charge in [0.05, 0.1) is 0 Å². The van der Waals surface area contributed by atoms with Crippen LogP contribution in [0.15, 0.2) is 24.3 Å². The van der Waals surface area contributed by atoms with E-state index < -0.39 is 0 Å². The van der Waals surface area contributed by atoms with Gasteiger partial charge in [0, 0.05) is 18.7 Å². The van der Waals surface area contributed by atoms with Crippen LogP contribution in [-0.4, -0.2) is 11.8 Å². The Bertz CT molecular complexity index is 351. The molecule has 0 amide bonds. The molecule has 0 aromatic heterocycles. The molecule has 1 aromatic rings. The van der Waals surface area contributed by atoms with Crippen LogP contribution in [0.25, 0.3) is 0 Å². The zero-order chi connectivity index (χ0) is 12.7. The fourth-order valence-electron chi connectivity index (χ4n) is 1.49. The molecule has 0 saturated heterocycles. The van der Waals surface area contributed by atoms with Crippen molar-refractivity contribution in [2.24, 2.45) is 0 Å². The Balaban J connectivity index is 2.71. The molecule has 0 aliphatic rings. The van der Waals surface area contributed by atoms with Gasteiger partial charge in [-0.05, 0) is 24.1 Å². The van der Waals surface area contributed by atoms with Crippen LogP contribution in [0.5, 0.6) is 0 Å². The van der Waals surface area contributed by atoms with E-state index in [4.69, 9.17) is 16.3 Å². The van der Waals surface area contributed by atoms with E-state index in [2.05, 4.69) is 0 Å². The number of carbonyl (C=O) groups excluding carboxylic acids is 1. The maximum atomic E-state index is 12.8. The molecule has 1 rings (SSSR count). The zero-order valence-corrected chi connectivity index (χ0v) is 10.5. The lowest BCUT2D eigenvalue weighted by Crippen LogP contribution is -2.11. The van der Waals surface area contributed by atoms with Crippen LogP contribution >= 0.6 is 11.6 Å². The number of hydrogen-bond acceptors (Lipinski definition) is 2. The molecule has 0 saturated carbocycles. The first kappa shape index (κ1) is 14.0. The second-order valence-corrected chi connectivity index (χ2v) is 4.14. The van der Waals surface area contributed by atoms with Crippen molar-refractivity contribution in [2.45, 2.75) is 32.3 Å². The average Bonchev–Trinajstić information content (AvgIpc) is 2.30. The highest BCUT2D eigenvalue weighted by Crippen LogP contribution is 2.23. The van der Waals surface area contributed by atoms with E-state index in [1.807, 2.05) is 6.92 Å². The van der Waals surface area contributed by atoms with Gasteiger partial charge in [-0.1, -0.05) is 19.1 Å². The van der Waals surface area contributed by atoms with Crippen molar-refractivity contribution < 1.29 is 13.9 Å². The third-order valence-electron chi connectivity index (χ3n) is 2.34. The van der Waals surface area contributed by atoms with E-state index >= 15 is 0 Å². The molecule has 1 aromatic carbocycles. The zero-order valence-electron chi connectivity index (χ0n) is 9.79. The van der Waals surface area contributed by atoms with E-state index in [1.165, 1.54) is 12.1 Å². The molecule has 0 unspecified atom stereocenters. The van der Waals surface area contributed by atoms with Gasteiger partial charge in [0.25, 0.3) is 0 Å². The quantitative estimate of drug-likeness (QED) is 0.572. The molecule has 1 atom stereocenters. The Morgan fingerprint density at radius 2 is 2.06 bits per heavy atom. The average molecular weight is 259 g/mol. The third-order valence-corrected chi connectivity index (χ3v) is 2.56. The topological polar surface area (TPSA) is 26.3 Å². The number of halogens is 2. The summed E-state index contributed by atoms with van der Waals surface area (Å²) in [4.78, 5) is 11.4. The van der Waals surface area contributed by atoms with Gasteiger partial charge in [-0.2, -0.15) is 0 Å². The summed E-state index contributed by atoms with van der Waals surface area (Å²) < 4.78 is 18.1. The lowest BCUT2D eigenvalue weighted by molar-refractivity contribution is -0.149. The van der Waals surface area contributed by atoms with Crippen molar-refractivity contribution in [3.8, 4) is 0 Å². The number of hydrogen-bond donors (Lipinski definition) is 0. The summed E-state index contributed by atoms with van der Waals surface area (Å²) in [6, 6.07) is 5.94. The molecule has 0 radical (unpaired) electrons. The van der Waals surface area contributed by atoms with Crippen LogP contribution in [0.1, 0.15) is 37.9 Å². The molecule has 0 spiro atoms. The van der Waals surface area contributed by atoms with Crippen LogP contribution in [0, 0.1) is 5.82 Å². The van der Waals surface area contributed by atoms with Gasteiger partial charge in [0.15, 0.2) is 0 Å². The summed E-state index contributed by atoms with van der Waals surface area (Å²) >= 11 is 5.67. The maximum absolute atomic E-state index is 12.8. The van der Waals surface area contributed by atoms with Gasteiger partial charge >= 0.3 is 5.97 Å². The summed E-state index contributed by atoms with van der Waals surface area (Å²) in [5.41, 5.74) is 0.775. The fourth-order valence-corrected chi connectivity index (χ4v) is 1.69. The molecule has 2 nitrogen and oxygen atoms in total. The molecule has 4 heteroatoms. The molecular formula is C13H16ClFO2. The molecular weight excluding hydrogens is 243 g/mol. The van der Waals surface area contributed by atoms with Crippen molar-refractivity contribution in [1.82, 2.24) is 0 Å². The highest BCUT2D eigenvalue weighted by molar-refractivity contribution is 6.17. The van der Waals surface area contributed by atoms with Crippen molar-refractivity contribution in [1.29, 1.82) is 0 Å².